The van der Waals surface area contributed by atoms with Crippen LogP contribution in [0.1, 0.15) is 34.1 Å². The van der Waals surface area contributed by atoms with E-state index in [2.05, 4.69) is 29.5 Å². The van der Waals surface area contributed by atoms with Crippen molar-refractivity contribution in [3.8, 4) is 0 Å². The Kier molecular flexibility index (Phi) is 14.7. The summed E-state index contributed by atoms with van der Waals surface area (Å²) in [6.07, 6.45) is 2.29. The molecule has 1 atom stereocenters. The minimum absolute atomic E-state index is 0. The summed E-state index contributed by atoms with van der Waals surface area (Å²) in [5, 5.41) is 6.14. The van der Waals surface area contributed by atoms with Crippen molar-refractivity contribution in [3.63, 3.8) is 0 Å². The topological polar surface area (TPSA) is 79.8 Å². The van der Waals surface area contributed by atoms with Crippen molar-refractivity contribution in [2.75, 3.05) is 38.2 Å². The zero-order valence-electron chi connectivity index (χ0n) is 14.4. The molecule has 0 aliphatic rings. The van der Waals surface area contributed by atoms with Crippen LogP contribution in [0.15, 0.2) is 4.99 Å². The highest BCUT2D eigenvalue weighted by atomic mass is 127. The van der Waals surface area contributed by atoms with Crippen molar-refractivity contribution < 1.29 is 13.2 Å². The lowest BCUT2D eigenvalue weighted by Crippen LogP contribution is -2.39. The molecule has 0 rings (SSSR count). The van der Waals surface area contributed by atoms with Gasteiger partial charge in [-0.25, -0.2) is 8.42 Å². The first-order valence-corrected chi connectivity index (χ1v) is 9.67. The molecule has 0 aliphatic heterocycles. The van der Waals surface area contributed by atoms with E-state index in [-0.39, 0.29) is 35.8 Å². The molecule has 0 aliphatic carbocycles. The van der Waals surface area contributed by atoms with Gasteiger partial charge < -0.3 is 15.4 Å². The fraction of sp³-hybridized carbons (Fsp3) is 0.929. The molecule has 0 heterocycles. The molecule has 0 aromatic carbocycles. The number of guanidine groups is 1. The molecule has 1 unspecified atom stereocenters. The Bertz CT molecular complexity index is 400. The van der Waals surface area contributed by atoms with Gasteiger partial charge in [0.25, 0.3) is 0 Å². The van der Waals surface area contributed by atoms with Crippen molar-refractivity contribution in [2.45, 2.75) is 40.2 Å². The van der Waals surface area contributed by atoms with Crippen LogP contribution >= 0.6 is 24.0 Å². The Balaban J connectivity index is 0. The zero-order valence-corrected chi connectivity index (χ0v) is 17.5. The molecule has 2 N–H and O–H groups in total. The Hall–Kier alpha value is -0.0900. The number of nitrogens with zero attached hydrogens (tertiary/aromatic N) is 1. The van der Waals surface area contributed by atoms with Crippen LogP contribution in [0.3, 0.4) is 0 Å². The van der Waals surface area contributed by atoms with Gasteiger partial charge in [0.15, 0.2) is 5.96 Å². The summed E-state index contributed by atoms with van der Waals surface area (Å²) in [5.74, 6) is 1.21. The standard InChI is InChI=1S/C14H31N3O3S.HI/c1-6-15-14(17-10-11-21(5,18)19)16-9-8-13(12(3)4)20-7-2;/h12-13H,6-11H2,1-5H3,(H2,15,16,17);1H. The maximum Gasteiger partial charge on any atom is 0.191 e. The minimum Gasteiger partial charge on any atom is -0.378 e. The smallest absolute Gasteiger partial charge is 0.191 e. The summed E-state index contributed by atoms with van der Waals surface area (Å²) < 4.78 is 27.9. The van der Waals surface area contributed by atoms with Gasteiger partial charge in [-0.2, -0.15) is 0 Å². The van der Waals surface area contributed by atoms with E-state index < -0.39 is 9.84 Å². The number of hydrogen-bond acceptors (Lipinski definition) is 4. The van der Waals surface area contributed by atoms with Crippen molar-refractivity contribution >= 4 is 39.8 Å². The molecule has 0 saturated carbocycles. The number of nitrogens with one attached hydrogen (secondary N) is 2. The second-order valence-corrected chi connectivity index (χ2v) is 7.60. The Labute approximate surface area is 152 Å². The number of aliphatic imine (C=N–C) groups is 1. The van der Waals surface area contributed by atoms with E-state index in [1.807, 2.05) is 13.8 Å². The molecule has 0 amide bonds. The maximum absolute atomic E-state index is 11.1. The first-order chi connectivity index (χ1) is 9.80. The van der Waals surface area contributed by atoms with E-state index in [0.717, 1.165) is 13.0 Å². The highest BCUT2D eigenvalue weighted by molar-refractivity contribution is 14.0. The minimum atomic E-state index is -2.95. The molecule has 0 fully saturated rings. The number of hydrogen-bond donors (Lipinski definition) is 2. The summed E-state index contributed by atoms with van der Waals surface area (Å²) in [6, 6.07) is 0. The molecule has 6 nitrogen and oxygen atoms in total. The Morgan fingerprint density at radius 2 is 1.86 bits per heavy atom. The van der Waals surface area contributed by atoms with E-state index >= 15 is 0 Å². The normalized spacial score (nSPS) is 13.6. The van der Waals surface area contributed by atoms with Gasteiger partial charge in [-0.15, -0.1) is 24.0 Å². The fourth-order valence-electron chi connectivity index (χ4n) is 1.82. The molecule has 0 aromatic heterocycles. The number of halogens is 1. The van der Waals surface area contributed by atoms with E-state index in [0.29, 0.717) is 31.6 Å². The van der Waals surface area contributed by atoms with Crippen LogP contribution in [-0.2, 0) is 14.6 Å². The number of rotatable bonds is 10. The van der Waals surface area contributed by atoms with E-state index in [1.165, 1.54) is 6.26 Å². The SMILES string of the molecule is CCNC(=NCCC(OCC)C(C)C)NCCS(C)(=O)=O.I. The van der Waals surface area contributed by atoms with Gasteiger partial charge in [-0.3, -0.25) is 4.99 Å². The first-order valence-electron chi connectivity index (χ1n) is 7.61. The molecule has 0 radical (unpaired) electrons. The summed E-state index contributed by atoms with van der Waals surface area (Å²) in [5.41, 5.74) is 0. The fourth-order valence-corrected chi connectivity index (χ4v) is 2.30. The quantitative estimate of drug-likeness (QED) is 0.301. The Morgan fingerprint density at radius 3 is 2.32 bits per heavy atom. The molecular weight excluding hydrogens is 417 g/mol. The van der Waals surface area contributed by atoms with Gasteiger partial charge in [0.2, 0.25) is 0 Å². The third kappa shape index (κ3) is 13.6. The average Bonchev–Trinajstić information content (AvgIpc) is 2.36. The lowest BCUT2D eigenvalue weighted by molar-refractivity contribution is 0.0266. The number of ether oxygens (including phenoxy) is 1. The molecule has 134 valence electrons. The summed E-state index contributed by atoms with van der Waals surface area (Å²) in [4.78, 5) is 4.46. The van der Waals surface area contributed by atoms with Crippen LogP contribution in [0, 0.1) is 5.92 Å². The molecule has 0 bridgehead atoms. The van der Waals surface area contributed by atoms with Crippen LogP contribution in [0.25, 0.3) is 0 Å². The first kappa shape index (κ1) is 24.2. The second kappa shape index (κ2) is 13.4. The third-order valence-electron chi connectivity index (χ3n) is 2.92. The van der Waals surface area contributed by atoms with Crippen molar-refractivity contribution in [2.24, 2.45) is 10.9 Å². The van der Waals surface area contributed by atoms with Gasteiger partial charge in [-0.1, -0.05) is 13.8 Å². The summed E-state index contributed by atoms with van der Waals surface area (Å²) >= 11 is 0. The lowest BCUT2D eigenvalue weighted by Gasteiger charge is -2.20. The van der Waals surface area contributed by atoms with Crippen LogP contribution in [-0.4, -0.2) is 58.7 Å². The second-order valence-electron chi connectivity index (χ2n) is 5.34. The molecular formula is C14H32IN3O3S. The van der Waals surface area contributed by atoms with Gasteiger partial charge in [0.1, 0.15) is 9.84 Å². The van der Waals surface area contributed by atoms with Gasteiger partial charge in [-0.05, 0) is 26.2 Å². The number of sulfone groups is 1. The summed E-state index contributed by atoms with van der Waals surface area (Å²) in [7, 11) is -2.95. The van der Waals surface area contributed by atoms with Crippen LogP contribution in [0.4, 0.5) is 0 Å². The largest absolute Gasteiger partial charge is 0.378 e. The van der Waals surface area contributed by atoms with Crippen LogP contribution in [0.5, 0.6) is 0 Å². The molecule has 0 aromatic rings. The third-order valence-corrected chi connectivity index (χ3v) is 3.86. The lowest BCUT2D eigenvalue weighted by atomic mass is 10.0. The van der Waals surface area contributed by atoms with Crippen molar-refractivity contribution in [1.82, 2.24) is 10.6 Å². The van der Waals surface area contributed by atoms with Crippen molar-refractivity contribution in [3.05, 3.63) is 0 Å². The van der Waals surface area contributed by atoms with E-state index in [1.54, 1.807) is 0 Å². The van der Waals surface area contributed by atoms with Gasteiger partial charge in [0.05, 0.1) is 11.9 Å². The van der Waals surface area contributed by atoms with Crippen LogP contribution in [0.2, 0.25) is 0 Å². The molecule has 8 heteroatoms. The predicted molar refractivity (Wildman–Crippen MR) is 104 cm³/mol. The highest BCUT2D eigenvalue weighted by Gasteiger charge is 2.12. The highest BCUT2D eigenvalue weighted by Crippen LogP contribution is 2.10. The maximum atomic E-state index is 11.1. The zero-order chi connectivity index (χ0) is 16.3. The van der Waals surface area contributed by atoms with Crippen molar-refractivity contribution in [1.29, 1.82) is 0 Å². The molecule has 0 saturated heterocycles. The van der Waals surface area contributed by atoms with Crippen LogP contribution < -0.4 is 10.6 Å². The van der Waals surface area contributed by atoms with E-state index in [9.17, 15) is 8.42 Å². The average molecular weight is 449 g/mol. The van der Waals surface area contributed by atoms with Gasteiger partial charge in [0, 0.05) is 32.5 Å². The van der Waals surface area contributed by atoms with Gasteiger partial charge >= 0.3 is 0 Å². The van der Waals surface area contributed by atoms with E-state index in [4.69, 9.17) is 4.74 Å². The monoisotopic (exact) mass is 449 g/mol. The summed E-state index contributed by atoms with van der Waals surface area (Å²) in [6.45, 7) is 10.7. The Morgan fingerprint density at radius 1 is 1.23 bits per heavy atom. The predicted octanol–water partition coefficient (Wildman–Crippen LogP) is 1.66. The molecule has 22 heavy (non-hydrogen) atoms. The molecule has 0 spiro atoms.